The van der Waals surface area contributed by atoms with Gasteiger partial charge in [-0.25, -0.2) is 4.68 Å². The van der Waals surface area contributed by atoms with Crippen molar-refractivity contribution in [3.05, 3.63) is 84.8 Å². The summed E-state index contributed by atoms with van der Waals surface area (Å²) < 4.78 is 12.6. The number of nitrogens with zero attached hydrogens (tertiary/aromatic N) is 4. The molecule has 1 aliphatic heterocycles. The highest BCUT2D eigenvalue weighted by molar-refractivity contribution is 5.94. The molecule has 3 heterocycles. The fraction of sp³-hybridized carbons (Fsp3) is 0.200. The Morgan fingerprint density at radius 1 is 0.906 bits per heavy atom. The van der Waals surface area contributed by atoms with Gasteiger partial charge in [-0.3, -0.25) is 4.79 Å². The fourth-order valence-corrected chi connectivity index (χ4v) is 3.98. The molecule has 5 rings (SSSR count). The summed E-state index contributed by atoms with van der Waals surface area (Å²) in [6.45, 7) is 2.77. The molecule has 32 heavy (non-hydrogen) atoms. The summed E-state index contributed by atoms with van der Waals surface area (Å²) >= 11 is 0. The second-order valence-electron chi connectivity index (χ2n) is 7.62. The molecular weight excluding hydrogens is 404 g/mol. The quantitative estimate of drug-likeness (QED) is 0.479. The number of para-hydroxylation sites is 1. The number of carbonyl (C=O) groups excluding carboxylic acids is 1. The minimum absolute atomic E-state index is 0.0375. The monoisotopic (exact) mass is 428 g/mol. The first-order valence-electron chi connectivity index (χ1n) is 10.6. The Hall–Kier alpha value is -4.00. The van der Waals surface area contributed by atoms with Crippen molar-refractivity contribution < 1.29 is 13.9 Å². The fourth-order valence-electron chi connectivity index (χ4n) is 3.98. The van der Waals surface area contributed by atoms with Crippen molar-refractivity contribution in [3.63, 3.8) is 0 Å². The lowest BCUT2D eigenvalue weighted by molar-refractivity contribution is 0.0737. The molecule has 0 atom stereocenters. The summed E-state index contributed by atoms with van der Waals surface area (Å²) in [5, 5.41) is 4.67. The summed E-state index contributed by atoms with van der Waals surface area (Å²) in [6, 6.07) is 23.2. The summed E-state index contributed by atoms with van der Waals surface area (Å²) in [5.74, 6) is 1.43. The van der Waals surface area contributed by atoms with Gasteiger partial charge in [0.15, 0.2) is 5.76 Å². The highest BCUT2D eigenvalue weighted by Gasteiger charge is 2.27. The maximum Gasteiger partial charge on any atom is 0.272 e. The Bertz CT molecular complexity index is 1190. The number of hydrogen-bond donors (Lipinski definition) is 0. The molecule has 0 radical (unpaired) electrons. The smallest absolute Gasteiger partial charge is 0.272 e. The van der Waals surface area contributed by atoms with Gasteiger partial charge in [-0.15, -0.1) is 0 Å². The van der Waals surface area contributed by atoms with Crippen LogP contribution in [0.5, 0.6) is 5.75 Å². The number of aromatic nitrogens is 2. The minimum atomic E-state index is -0.0375. The van der Waals surface area contributed by atoms with Gasteiger partial charge in [0.25, 0.3) is 5.91 Å². The van der Waals surface area contributed by atoms with Gasteiger partial charge in [0.05, 0.1) is 19.1 Å². The predicted octanol–water partition coefficient (Wildman–Crippen LogP) is 4.10. The van der Waals surface area contributed by atoms with Gasteiger partial charge in [-0.1, -0.05) is 24.3 Å². The van der Waals surface area contributed by atoms with Gasteiger partial charge in [0.1, 0.15) is 17.1 Å². The van der Waals surface area contributed by atoms with Crippen molar-refractivity contribution in [2.45, 2.75) is 0 Å². The van der Waals surface area contributed by atoms with E-state index in [-0.39, 0.29) is 5.91 Å². The van der Waals surface area contributed by atoms with Gasteiger partial charge >= 0.3 is 0 Å². The number of anilines is 1. The van der Waals surface area contributed by atoms with E-state index in [1.54, 1.807) is 18.1 Å². The molecule has 0 bridgehead atoms. The summed E-state index contributed by atoms with van der Waals surface area (Å²) in [7, 11) is 1.67. The van der Waals surface area contributed by atoms with E-state index in [0.717, 1.165) is 30.2 Å². The van der Waals surface area contributed by atoms with Crippen LogP contribution in [-0.2, 0) is 0 Å². The van der Waals surface area contributed by atoms with Crippen LogP contribution < -0.4 is 9.64 Å². The number of furan rings is 1. The zero-order chi connectivity index (χ0) is 21.9. The van der Waals surface area contributed by atoms with Gasteiger partial charge in [0, 0.05) is 44.0 Å². The Balaban J connectivity index is 1.38. The van der Waals surface area contributed by atoms with Crippen molar-refractivity contribution in [1.82, 2.24) is 14.7 Å². The number of amides is 1. The molecule has 162 valence electrons. The number of hydrogen-bond acceptors (Lipinski definition) is 5. The molecule has 7 nitrogen and oxygen atoms in total. The van der Waals surface area contributed by atoms with E-state index < -0.39 is 0 Å². The van der Waals surface area contributed by atoms with Crippen molar-refractivity contribution >= 4 is 11.6 Å². The Morgan fingerprint density at radius 3 is 2.41 bits per heavy atom. The Morgan fingerprint density at radius 2 is 1.69 bits per heavy atom. The molecule has 2 aromatic heterocycles. The number of rotatable bonds is 5. The molecule has 1 saturated heterocycles. The maximum atomic E-state index is 13.5. The van der Waals surface area contributed by atoms with Crippen LogP contribution in [0.4, 0.5) is 5.69 Å². The number of ether oxygens (including phenoxy) is 1. The zero-order valence-corrected chi connectivity index (χ0v) is 17.8. The second kappa shape index (κ2) is 8.63. The molecule has 4 aromatic rings. The van der Waals surface area contributed by atoms with E-state index in [2.05, 4.69) is 16.1 Å². The zero-order valence-electron chi connectivity index (χ0n) is 17.8. The molecule has 1 fully saturated rings. The molecule has 0 aliphatic carbocycles. The van der Waals surface area contributed by atoms with Crippen LogP contribution in [0, 0.1) is 0 Å². The van der Waals surface area contributed by atoms with Crippen LogP contribution in [0.25, 0.3) is 17.1 Å². The van der Waals surface area contributed by atoms with Crippen LogP contribution in [0.15, 0.2) is 83.5 Å². The Labute approximate surface area is 186 Å². The third kappa shape index (κ3) is 3.85. The number of carbonyl (C=O) groups is 1. The maximum absolute atomic E-state index is 13.5. The van der Waals surface area contributed by atoms with Gasteiger partial charge in [-0.05, 0) is 36.4 Å². The lowest BCUT2D eigenvalue weighted by atomic mass is 10.2. The van der Waals surface area contributed by atoms with E-state index in [1.807, 2.05) is 71.6 Å². The molecule has 0 unspecified atom stereocenters. The molecule has 1 amide bonds. The van der Waals surface area contributed by atoms with Gasteiger partial charge in [-0.2, -0.15) is 5.10 Å². The van der Waals surface area contributed by atoms with Crippen molar-refractivity contribution in [2.75, 3.05) is 38.2 Å². The molecular formula is C25H24N4O3. The first-order valence-corrected chi connectivity index (χ1v) is 10.6. The highest BCUT2D eigenvalue weighted by Crippen LogP contribution is 2.25. The highest BCUT2D eigenvalue weighted by atomic mass is 16.5. The van der Waals surface area contributed by atoms with Gasteiger partial charge < -0.3 is 19.0 Å². The molecule has 0 saturated carbocycles. The van der Waals surface area contributed by atoms with Crippen LogP contribution in [0.3, 0.4) is 0 Å². The largest absolute Gasteiger partial charge is 0.497 e. The number of piperazine rings is 1. The summed E-state index contributed by atoms with van der Waals surface area (Å²) in [4.78, 5) is 17.7. The lowest BCUT2D eigenvalue weighted by Crippen LogP contribution is -2.49. The SMILES string of the molecule is COc1cccc(N2CCN(C(=O)c3cc(-c4ccco4)nn3-c3ccccc3)CC2)c1. The van der Waals surface area contributed by atoms with E-state index >= 15 is 0 Å². The summed E-state index contributed by atoms with van der Waals surface area (Å²) in [5.41, 5.74) is 3.10. The topological polar surface area (TPSA) is 63.7 Å². The van der Waals surface area contributed by atoms with E-state index in [0.29, 0.717) is 30.2 Å². The number of methoxy groups -OCH3 is 1. The van der Waals surface area contributed by atoms with E-state index in [4.69, 9.17) is 9.15 Å². The van der Waals surface area contributed by atoms with Crippen molar-refractivity contribution in [3.8, 4) is 22.9 Å². The Kier molecular flexibility index (Phi) is 5.37. The summed E-state index contributed by atoms with van der Waals surface area (Å²) in [6.07, 6.45) is 1.61. The minimum Gasteiger partial charge on any atom is -0.497 e. The van der Waals surface area contributed by atoms with Crippen molar-refractivity contribution in [1.29, 1.82) is 0 Å². The van der Waals surface area contributed by atoms with E-state index in [9.17, 15) is 4.79 Å². The molecule has 0 N–H and O–H groups in total. The van der Waals surface area contributed by atoms with Crippen LogP contribution >= 0.6 is 0 Å². The van der Waals surface area contributed by atoms with Crippen LogP contribution in [-0.4, -0.2) is 53.9 Å². The van der Waals surface area contributed by atoms with E-state index in [1.165, 1.54) is 0 Å². The molecule has 0 spiro atoms. The first kappa shape index (κ1) is 19.9. The standard InChI is InChI=1S/C25H24N4O3/c1-31-21-10-5-9-20(17-21)27-12-14-28(15-13-27)25(30)23-18-22(24-11-6-16-32-24)26-29(23)19-7-3-2-4-8-19/h2-11,16-18H,12-15H2,1H3. The van der Waals surface area contributed by atoms with Crippen LogP contribution in [0.1, 0.15) is 10.5 Å². The predicted molar refractivity (Wildman–Crippen MR) is 122 cm³/mol. The lowest BCUT2D eigenvalue weighted by Gasteiger charge is -2.36. The third-order valence-electron chi connectivity index (χ3n) is 5.69. The van der Waals surface area contributed by atoms with Gasteiger partial charge in [0.2, 0.25) is 0 Å². The van der Waals surface area contributed by atoms with Crippen molar-refractivity contribution in [2.24, 2.45) is 0 Å². The molecule has 7 heteroatoms. The average molecular weight is 428 g/mol. The van der Waals surface area contributed by atoms with Crippen LogP contribution in [0.2, 0.25) is 0 Å². The molecule has 2 aromatic carbocycles. The molecule has 1 aliphatic rings. The first-order chi connectivity index (χ1) is 15.7. The third-order valence-corrected chi connectivity index (χ3v) is 5.69. The number of benzene rings is 2. The normalized spacial score (nSPS) is 13.9. The second-order valence-corrected chi connectivity index (χ2v) is 7.62. The average Bonchev–Trinajstić information content (AvgIpc) is 3.55.